The molecule has 2 aromatic rings. The van der Waals surface area contributed by atoms with Crippen LogP contribution in [0.25, 0.3) is 11.3 Å². The van der Waals surface area contributed by atoms with Crippen molar-refractivity contribution in [3.63, 3.8) is 0 Å². The number of aromatic nitrogens is 1. The molecule has 0 saturated heterocycles. The number of thiazole rings is 1. The number of carbonyl (C=O) groups is 1. The Balaban J connectivity index is 2.13. The Morgan fingerprint density at radius 1 is 1.39 bits per heavy atom. The van der Waals surface area contributed by atoms with E-state index in [9.17, 15) is 4.79 Å². The Kier molecular flexibility index (Phi) is 2.22. The monoisotopic (exact) mass is 259 g/mol. The van der Waals surface area contributed by atoms with Gasteiger partial charge in [-0.2, -0.15) is 0 Å². The number of anilines is 2. The largest absolute Gasteiger partial charge is 0.375 e. The second kappa shape index (κ2) is 3.55. The number of fused-ring (bicyclic) bond motifs is 1. The summed E-state index contributed by atoms with van der Waals surface area (Å²) in [5, 5.41) is 5.37. The molecule has 3 rings (SSSR count). The summed E-state index contributed by atoms with van der Waals surface area (Å²) < 4.78 is 0. The van der Waals surface area contributed by atoms with Crippen molar-refractivity contribution in [2.45, 2.75) is 19.3 Å². The molecule has 0 saturated carbocycles. The molecule has 0 unspecified atom stereocenters. The fourth-order valence-electron chi connectivity index (χ4n) is 2.15. The molecule has 2 heterocycles. The van der Waals surface area contributed by atoms with Crippen LogP contribution < -0.4 is 11.1 Å². The van der Waals surface area contributed by atoms with Gasteiger partial charge < -0.3 is 11.1 Å². The van der Waals surface area contributed by atoms with Crippen LogP contribution in [-0.2, 0) is 10.2 Å². The second-order valence-electron chi connectivity index (χ2n) is 4.91. The van der Waals surface area contributed by atoms with Gasteiger partial charge in [-0.1, -0.05) is 6.07 Å². The summed E-state index contributed by atoms with van der Waals surface area (Å²) in [6.45, 7) is 3.85. The van der Waals surface area contributed by atoms with Crippen molar-refractivity contribution >= 4 is 28.1 Å². The van der Waals surface area contributed by atoms with Gasteiger partial charge in [0.2, 0.25) is 5.91 Å². The Bertz CT molecular complexity index is 645. The van der Waals surface area contributed by atoms with Gasteiger partial charge in [-0.25, -0.2) is 4.98 Å². The molecular weight excluding hydrogens is 246 g/mol. The first-order valence-electron chi connectivity index (χ1n) is 5.66. The molecule has 0 radical (unpaired) electrons. The van der Waals surface area contributed by atoms with E-state index in [4.69, 9.17) is 5.73 Å². The number of rotatable bonds is 1. The molecule has 1 aliphatic heterocycles. The summed E-state index contributed by atoms with van der Waals surface area (Å²) in [7, 11) is 0. The number of hydrogen-bond acceptors (Lipinski definition) is 4. The molecular formula is C13H13N3OS. The van der Waals surface area contributed by atoms with Crippen LogP contribution in [0, 0.1) is 0 Å². The first-order valence-corrected chi connectivity index (χ1v) is 6.54. The first-order chi connectivity index (χ1) is 8.48. The van der Waals surface area contributed by atoms with Crippen LogP contribution in [0.15, 0.2) is 23.6 Å². The summed E-state index contributed by atoms with van der Waals surface area (Å²) in [4.78, 5) is 16.1. The topological polar surface area (TPSA) is 68.0 Å². The van der Waals surface area contributed by atoms with E-state index in [1.165, 1.54) is 11.3 Å². The zero-order chi connectivity index (χ0) is 12.9. The van der Waals surface area contributed by atoms with Crippen LogP contribution in [0.4, 0.5) is 10.8 Å². The maximum absolute atomic E-state index is 11.9. The number of carbonyl (C=O) groups excluding carboxylic acids is 1. The number of nitrogens with one attached hydrogen (secondary N) is 1. The van der Waals surface area contributed by atoms with Gasteiger partial charge >= 0.3 is 0 Å². The van der Waals surface area contributed by atoms with E-state index in [0.29, 0.717) is 5.13 Å². The molecule has 0 aliphatic carbocycles. The number of nitrogen functional groups attached to an aromatic ring is 1. The Morgan fingerprint density at radius 2 is 2.17 bits per heavy atom. The van der Waals surface area contributed by atoms with Crippen molar-refractivity contribution in [1.29, 1.82) is 0 Å². The van der Waals surface area contributed by atoms with Gasteiger partial charge in [0.15, 0.2) is 5.13 Å². The van der Waals surface area contributed by atoms with Crippen molar-refractivity contribution in [2.24, 2.45) is 0 Å². The van der Waals surface area contributed by atoms with Gasteiger partial charge in [0.05, 0.1) is 11.1 Å². The maximum atomic E-state index is 11.9. The SMILES string of the molecule is CC1(C)C(=O)Nc2ccc(-c3csc(N)n3)cc21. The molecule has 1 aliphatic rings. The van der Waals surface area contributed by atoms with Gasteiger partial charge in [-0.15, -0.1) is 11.3 Å². The van der Waals surface area contributed by atoms with Crippen LogP contribution in [0.3, 0.4) is 0 Å². The number of nitrogens with two attached hydrogens (primary N) is 1. The number of nitrogens with zero attached hydrogens (tertiary/aromatic N) is 1. The molecule has 92 valence electrons. The molecule has 0 spiro atoms. The normalized spacial score (nSPS) is 16.4. The number of hydrogen-bond donors (Lipinski definition) is 2. The Hall–Kier alpha value is -1.88. The third-order valence-electron chi connectivity index (χ3n) is 3.33. The zero-order valence-corrected chi connectivity index (χ0v) is 11.0. The summed E-state index contributed by atoms with van der Waals surface area (Å²) in [5.41, 5.74) is 8.90. The van der Waals surface area contributed by atoms with E-state index in [2.05, 4.69) is 10.3 Å². The van der Waals surface area contributed by atoms with Crippen molar-refractivity contribution in [2.75, 3.05) is 11.1 Å². The van der Waals surface area contributed by atoms with E-state index in [0.717, 1.165) is 22.5 Å². The molecule has 1 aromatic carbocycles. The lowest BCUT2D eigenvalue weighted by atomic mass is 9.85. The van der Waals surface area contributed by atoms with Crippen molar-refractivity contribution in [3.8, 4) is 11.3 Å². The van der Waals surface area contributed by atoms with E-state index in [1.54, 1.807) is 0 Å². The Labute approximate surface area is 109 Å². The third-order valence-corrected chi connectivity index (χ3v) is 4.00. The lowest BCUT2D eigenvalue weighted by molar-refractivity contribution is -0.119. The summed E-state index contributed by atoms with van der Waals surface area (Å²) in [5.74, 6) is 0.0347. The molecule has 0 fully saturated rings. The lowest BCUT2D eigenvalue weighted by Crippen LogP contribution is -2.26. The molecule has 0 atom stereocenters. The lowest BCUT2D eigenvalue weighted by Gasteiger charge is -2.15. The fourth-order valence-corrected chi connectivity index (χ4v) is 2.72. The summed E-state index contributed by atoms with van der Waals surface area (Å²) in [6.07, 6.45) is 0. The van der Waals surface area contributed by atoms with Gasteiger partial charge in [0, 0.05) is 16.6 Å². The van der Waals surface area contributed by atoms with Crippen molar-refractivity contribution in [3.05, 3.63) is 29.1 Å². The molecule has 1 amide bonds. The Morgan fingerprint density at radius 3 is 2.83 bits per heavy atom. The molecule has 18 heavy (non-hydrogen) atoms. The van der Waals surface area contributed by atoms with Crippen molar-refractivity contribution < 1.29 is 4.79 Å². The molecule has 4 nitrogen and oxygen atoms in total. The quantitative estimate of drug-likeness (QED) is 0.827. The average molecular weight is 259 g/mol. The highest BCUT2D eigenvalue weighted by molar-refractivity contribution is 7.13. The smallest absolute Gasteiger partial charge is 0.234 e. The van der Waals surface area contributed by atoms with Gasteiger partial charge in [-0.05, 0) is 31.5 Å². The number of benzene rings is 1. The zero-order valence-electron chi connectivity index (χ0n) is 10.2. The van der Waals surface area contributed by atoms with Crippen LogP contribution in [0.2, 0.25) is 0 Å². The van der Waals surface area contributed by atoms with Crippen molar-refractivity contribution in [1.82, 2.24) is 4.98 Å². The van der Waals surface area contributed by atoms with E-state index >= 15 is 0 Å². The van der Waals surface area contributed by atoms with Crippen LogP contribution in [-0.4, -0.2) is 10.9 Å². The first kappa shape index (κ1) is 11.2. The highest BCUT2D eigenvalue weighted by Gasteiger charge is 2.38. The van der Waals surface area contributed by atoms with Crippen LogP contribution in [0.5, 0.6) is 0 Å². The average Bonchev–Trinajstić information content (AvgIpc) is 2.83. The van der Waals surface area contributed by atoms with Crippen LogP contribution in [0.1, 0.15) is 19.4 Å². The predicted octanol–water partition coefficient (Wildman–Crippen LogP) is 2.62. The predicted molar refractivity (Wildman–Crippen MR) is 73.6 cm³/mol. The third kappa shape index (κ3) is 1.51. The minimum Gasteiger partial charge on any atom is -0.375 e. The molecule has 0 bridgehead atoms. The summed E-state index contributed by atoms with van der Waals surface area (Å²) in [6, 6.07) is 5.89. The van der Waals surface area contributed by atoms with E-state index < -0.39 is 5.41 Å². The molecule has 3 N–H and O–H groups in total. The molecule has 1 aromatic heterocycles. The minimum atomic E-state index is -0.493. The number of amides is 1. The second-order valence-corrected chi connectivity index (χ2v) is 5.80. The van der Waals surface area contributed by atoms with E-state index in [-0.39, 0.29) is 5.91 Å². The van der Waals surface area contributed by atoms with Gasteiger partial charge in [-0.3, -0.25) is 4.79 Å². The molecule has 5 heteroatoms. The minimum absolute atomic E-state index is 0.0347. The van der Waals surface area contributed by atoms with Crippen LogP contribution >= 0.6 is 11.3 Å². The van der Waals surface area contributed by atoms with Gasteiger partial charge in [0.1, 0.15) is 0 Å². The maximum Gasteiger partial charge on any atom is 0.234 e. The van der Waals surface area contributed by atoms with Gasteiger partial charge in [0.25, 0.3) is 0 Å². The highest BCUT2D eigenvalue weighted by atomic mass is 32.1. The standard InChI is InChI=1S/C13H13N3OS/c1-13(2)8-5-7(10-6-18-12(14)16-10)3-4-9(8)15-11(13)17/h3-6H,1-2H3,(H2,14,16)(H,15,17). The summed E-state index contributed by atoms with van der Waals surface area (Å²) >= 11 is 1.42. The highest BCUT2D eigenvalue weighted by Crippen LogP contribution is 2.39. The van der Waals surface area contributed by atoms with E-state index in [1.807, 2.05) is 37.4 Å². The fraction of sp³-hybridized carbons (Fsp3) is 0.231.